The first-order chi connectivity index (χ1) is 7.99. The number of halogens is 2. The van der Waals surface area contributed by atoms with Crippen LogP contribution >= 0.6 is 23.2 Å². The molecule has 0 atom stereocenters. The molecule has 6 heteroatoms. The van der Waals surface area contributed by atoms with E-state index in [1.165, 1.54) is 12.1 Å². The molecule has 2 N–H and O–H groups in total. The zero-order valence-electron chi connectivity index (χ0n) is 8.67. The molecule has 0 unspecified atom stereocenters. The van der Waals surface area contributed by atoms with Crippen LogP contribution in [0.5, 0.6) is 0 Å². The van der Waals surface area contributed by atoms with Gasteiger partial charge in [0, 0.05) is 5.92 Å². The average molecular weight is 274 g/mol. The smallest absolute Gasteiger partial charge is 0.335 e. The van der Waals surface area contributed by atoms with Gasteiger partial charge >= 0.3 is 5.97 Å². The normalized spacial score (nSPS) is 14.5. The average Bonchev–Trinajstić information content (AvgIpc) is 3.06. The van der Waals surface area contributed by atoms with E-state index in [0.717, 1.165) is 12.8 Å². The van der Waals surface area contributed by atoms with Crippen LogP contribution in [0.3, 0.4) is 0 Å². The Morgan fingerprint density at radius 3 is 2.18 bits per heavy atom. The minimum Gasteiger partial charge on any atom is -0.478 e. The Labute approximate surface area is 108 Å². The molecule has 1 aliphatic rings. The minimum absolute atomic E-state index is 0.00980. The second-order valence-electron chi connectivity index (χ2n) is 3.88. The minimum atomic E-state index is -1.12. The lowest BCUT2D eigenvalue weighted by Crippen LogP contribution is -2.14. The lowest BCUT2D eigenvalue weighted by molar-refractivity contribution is -0.117. The molecule has 90 valence electrons. The molecule has 0 radical (unpaired) electrons. The molecular formula is C11H9Cl2NO3. The number of carbonyl (C=O) groups excluding carboxylic acids is 1. The first-order valence-corrected chi connectivity index (χ1v) is 5.78. The van der Waals surface area contributed by atoms with Crippen molar-refractivity contribution in [2.24, 2.45) is 5.92 Å². The highest BCUT2D eigenvalue weighted by molar-refractivity contribution is 6.40. The number of carbonyl (C=O) groups is 2. The van der Waals surface area contributed by atoms with Crippen molar-refractivity contribution in [3.8, 4) is 0 Å². The highest BCUT2D eigenvalue weighted by Gasteiger charge is 2.30. The Hall–Kier alpha value is -1.26. The molecule has 0 aromatic heterocycles. The number of benzene rings is 1. The van der Waals surface area contributed by atoms with Crippen molar-refractivity contribution in [2.45, 2.75) is 12.8 Å². The molecule has 0 saturated heterocycles. The van der Waals surface area contributed by atoms with E-state index in [4.69, 9.17) is 28.3 Å². The van der Waals surface area contributed by atoms with Crippen molar-refractivity contribution in [3.05, 3.63) is 27.7 Å². The summed E-state index contributed by atoms with van der Waals surface area (Å²) in [5.41, 5.74) is 0.264. The Kier molecular flexibility index (Phi) is 3.26. The molecule has 0 aliphatic heterocycles. The molecule has 0 spiro atoms. The lowest BCUT2D eigenvalue weighted by atomic mass is 10.2. The molecule has 1 aromatic carbocycles. The van der Waals surface area contributed by atoms with Gasteiger partial charge in [0.2, 0.25) is 5.91 Å². The predicted octanol–water partition coefficient (Wildman–Crippen LogP) is 3.04. The number of rotatable bonds is 3. The summed E-state index contributed by atoms with van der Waals surface area (Å²) in [5, 5.41) is 11.7. The third kappa shape index (κ3) is 2.70. The van der Waals surface area contributed by atoms with Crippen LogP contribution in [-0.4, -0.2) is 17.0 Å². The maximum absolute atomic E-state index is 11.6. The molecule has 4 nitrogen and oxygen atoms in total. The summed E-state index contributed by atoms with van der Waals surface area (Å²) in [6.07, 6.45) is 1.74. The number of aromatic carboxylic acids is 1. The summed E-state index contributed by atoms with van der Waals surface area (Å²) in [7, 11) is 0. The van der Waals surface area contributed by atoms with Crippen molar-refractivity contribution in [1.29, 1.82) is 0 Å². The van der Waals surface area contributed by atoms with Crippen molar-refractivity contribution < 1.29 is 14.7 Å². The zero-order chi connectivity index (χ0) is 12.6. The highest BCUT2D eigenvalue weighted by Crippen LogP contribution is 2.35. The molecule has 1 amide bonds. The van der Waals surface area contributed by atoms with E-state index in [0.29, 0.717) is 0 Å². The Bertz CT molecular complexity index is 474. The van der Waals surface area contributed by atoms with E-state index >= 15 is 0 Å². The van der Waals surface area contributed by atoms with Gasteiger partial charge in [-0.2, -0.15) is 0 Å². The van der Waals surface area contributed by atoms with Crippen molar-refractivity contribution in [1.82, 2.24) is 0 Å². The molecule has 17 heavy (non-hydrogen) atoms. The zero-order valence-corrected chi connectivity index (χ0v) is 10.2. The molecule has 1 aromatic rings. The number of hydrogen-bond donors (Lipinski definition) is 2. The fraction of sp³-hybridized carbons (Fsp3) is 0.273. The fourth-order valence-corrected chi connectivity index (χ4v) is 1.97. The summed E-state index contributed by atoms with van der Waals surface area (Å²) in [6.45, 7) is 0. The van der Waals surface area contributed by atoms with Gasteiger partial charge in [0.15, 0.2) is 0 Å². The Morgan fingerprint density at radius 1 is 1.24 bits per heavy atom. The fourth-order valence-electron chi connectivity index (χ4n) is 1.39. The highest BCUT2D eigenvalue weighted by atomic mass is 35.5. The second-order valence-corrected chi connectivity index (χ2v) is 4.70. The first-order valence-electron chi connectivity index (χ1n) is 5.02. The Morgan fingerprint density at radius 2 is 1.76 bits per heavy atom. The third-order valence-electron chi connectivity index (χ3n) is 2.49. The molecule has 1 aliphatic carbocycles. The van der Waals surface area contributed by atoms with E-state index in [1.807, 2.05) is 0 Å². The van der Waals surface area contributed by atoms with Gasteiger partial charge in [0.25, 0.3) is 0 Å². The molecule has 0 bridgehead atoms. The summed E-state index contributed by atoms with van der Waals surface area (Å²) in [6, 6.07) is 2.52. The van der Waals surface area contributed by atoms with E-state index in [9.17, 15) is 9.59 Å². The lowest BCUT2D eigenvalue weighted by Gasteiger charge is -2.09. The van der Waals surface area contributed by atoms with Crippen LogP contribution in [0.2, 0.25) is 10.0 Å². The Balaban J connectivity index is 2.27. The number of amides is 1. The summed E-state index contributed by atoms with van der Waals surface area (Å²) in [4.78, 5) is 22.3. The van der Waals surface area contributed by atoms with Gasteiger partial charge in [-0.15, -0.1) is 0 Å². The van der Waals surface area contributed by atoms with Crippen LogP contribution in [0.1, 0.15) is 23.2 Å². The molecule has 1 fully saturated rings. The second kappa shape index (κ2) is 4.55. The number of nitrogens with one attached hydrogen (secondary N) is 1. The van der Waals surface area contributed by atoms with Gasteiger partial charge in [0.1, 0.15) is 0 Å². The van der Waals surface area contributed by atoms with E-state index in [-0.39, 0.29) is 33.1 Å². The number of hydrogen-bond acceptors (Lipinski definition) is 2. The molecular weight excluding hydrogens is 265 g/mol. The van der Waals surface area contributed by atoms with Crippen LogP contribution in [0.25, 0.3) is 0 Å². The largest absolute Gasteiger partial charge is 0.478 e. The van der Waals surface area contributed by atoms with Crippen LogP contribution < -0.4 is 5.32 Å². The van der Waals surface area contributed by atoms with Gasteiger partial charge in [-0.3, -0.25) is 4.79 Å². The maximum atomic E-state index is 11.6. The van der Waals surface area contributed by atoms with Crippen LogP contribution in [-0.2, 0) is 4.79 Å². The summed E-state index contributed by atoms with van der Waals surface area (Å²) >= 11 is 11.8. The van der Waals surface area contributed by atoms with E-state index in [1.54, 1.807) is 0 Å². The third-order valence-corrected chi connectivity index (χ3v) is 3.08. The van der Waals surface area contributed by atoms with E-state index in [2.05, 4.69) is 5.32 Å². The maximum Gasteiger partial charge on any atom is 0.335 e. The first kappa shape index (κ1) is 12.2. The molecule has 0 heterocycles. The number of anilines is 1. The predicted molar refractivity (Wildman–Crippen MR) is 64.8 cm³/mol. The van der Waals surface area contributed by atoms with Crippen molar-refractivity contribution >= 4 is 40.8 Å². The van der Waals surface area contributed by atoms with Gasteiger partial charge in [-0.25, -0.2) is 4.79 Å². The van der Waals surface area contributed by atoms with Crippen LogP contribution in [0, 0.1) is 5.92 Å². The van der Waals surface area contributed by atoms with Gasteiger partial charge in [0.05, 0.1) is 21.3 Å². The standard InChI is InChI=1S/C11H9Cl2NO3/c12-7-3-6(11(16)17)4-8(13)9(7)14-10(15)5-1-2-5/h3-5H,1-2H2,(H,14,15)(H,16,17). The van der Waals surface area contributed by atoms with Gasteiger partial charge in [-0.1, -0.05) is 23.2 Å². The van der Waals surface area contributed by atoms with Gasteiger partial charge < -0.3 is 10.4 Å². The van der Waals surface area contributed by atoms with Gasteiger partial charge in [-0.05, 0) is 25.0 Å². The monoisotopic (exact) mass is 273 g/mol. The number of carboxylic acids is 1. The van der Waals surface area contributed by atoms with E-state index < -0.39 is 5.97 Å². The topological polar surface area (TPSA) is 66.4 Å². The SMILES string of the molecule is O=C(O)c1cc(Cl)c(NC(=O)C2CC2)c(Cl)c1. The van der Waals surface area contributed by atoms with Crippen LogP contribution in [0.4, 0.5) is 5.69 Å². The number of carboxylic acid groups (broad SMARTS) is 1. The summed E-state index contributed by atoms with van der Waals surface area (Å²) < 4.78 is 0. The van der Waals surface area contributed by atoms with Crippen molar-refractivity contribution in [3.63, 3.8) is 0 Å². The van der Waals surface area contributed by atoms with Crippen LogP contribution in [0.15, 0.2) is 12.1 Å². The molecule has 2 rings (SSSR count). The van der Waals surface area contributed by atoms with Crippen molar-refractivity contribution in [2.75, 3.05) is 5.32 Å². The summed E-state index contributed by atoms with van der Waals surface area (Å²) in [5.74, 6) is -1.22. The quantitative estimate of drug-likeness (QED) is 0.890. The molecule has 1 saturated carbocycles.